The minimum absolute atomic E-state index is 0.0372. The summed E-state index contributed by atoms with van der Waals surface area (Å²) < 4.78 is 0. The van der Waals surface area contributed by atoms with Gasteiger partial charge in [-0.1, -0.05) is 15.9 Å². The van der Waals surface area contributed by atoms with Gasteiger partial charge in [0.1, 0.15) is 11.5 Å². The second-order valence-corrected chi connectivity index (χ2v) is 5.73. The molecular weight excluding hydrogens is 310 g/mol. The van der Waals surface area contributed by atoms with Crippen LogP contribution in [0.25, 0.3) is 0 Å². The van der Waals surface area contributed by atoms with Gasteiger partial charge in [0.25, 0.3) is 5.91 Å². The molecule has 0 radical (unpaired) electrons. The quantitative estimate of drug-likeness (QED) is 0.839. The standard InChI is InChI=1S/C14H18BrNO3/c15-6-5-10-2-1-7-16(9-10)14(19)12-4-3-11(17)8-13(12)18/h3-4,8,10,17-18H,1-2,5-7,9H2. The van der Waals surface area contributed by atoms with Crippen LogP contribution >= 0.6 is 15.9 Å². The molecule has 2 N–H and O–H groups in total. The zero-order valence-electron chi connectivity index (χ0n) is 10.7. The molecule has 4 nitrogen and oxygen atoms in total. The van der Waals surface area contributed by atoms with Gasteiger partial charge in [-0.3, -0.25) is 4.79 Å². The van der Waals surface area contributed by atoms with Gasteiger partial charge < -0.3 is 15.1 Å². The van der Waals surface area contributed by atoms with Crippen molar-refractivity contribution >= 4 is 21.8 Å². The predicted molar refractivity (Wildman–Crippen MR) is 76.8 cm³/mol. The summed E-state index contributed by atoms with van der Waals surface area (Å²) in [5.41, 5.74) is 0.261. The number of nitrogens with zero attached hydrogens (tertiary/aromatic N) is 1. The van der Waals surface area contributed by atoms with Crippen molar-refractivity contribution in [1.29, 1.82) is 0 Å². The Balaban J connectivity index is 2.10. The van der Waals surface area contributed by atoms with Gasteiger partial charge in [0.2, 0.25) is 0 Å². The maximum atomic E-state index is 12.4. The van der Waals surface area contributed by atoms with Crippen molar-refractivity contribution in [3.63, 3.8) is 0 Å². The summed E-state index contributed by atoms with van der Waals surface area (Å²) in [6.07, 6.45) is 3.21. The number of hydrogen-bond donors (Lipinski definition) is 2. The molecule has 104 valence electrons. The maximum absolute atomic E-state index is 12.4. The molecular formula is C14H18BrNO3. The van der Waals surface area contributed by atoms with Gasteiger partial charge in [-0.25, -0.2) is 0 Å². The third-order valence-electron chi connectivity index (χ3n) is 3.54. The van der Waals surface area contributed by atoms with Gasteiger partial charge >= 0.3 is 0 Å². The molecule has 19 heavy (non-hydrogen) atoms. The number of rotatable bonds is 3. The lowest BCUT2D eigenvalue weighted by molar-refractivity contribution is 0.0669. The molecule has 1 saturated heterocycles. The second-order valence-electron chi connectivity index (χ2n) is 4.94. The van der Waals surface area contributed by atoms with Crippen LogP contribution in [0.3, 0.4) is 0 Å². The molecule has 1 aliphatic heterocycles. The molecule has 2 rings (SSSR count). The van der Waals surface area contributed by atoms with Crippen LogP contribution in [-0.4, -0.2) is 39.4 Å². The van der Waals surface area contributed by atoms with Crippen LogP contribution in [0.4, 0.5) is 0 Å². The van der Waals surface area contributed by atoms with Gasteiger partial charge in [-0.2, -0.15) is 0 Å². The lowest BCUT2D eigenvalue weighted by atomic mass is 9.95. The molecule has 0 saturated carbocycles. The van der Waals surface area contributed by atoms with E-state index in [-0.39, 0.29) is 23.0 Å². The summed E-state index contributed by atoms with van der Waals surface area (Å²) in [6, 6.07) is 4.10. The average molecular weight is 328 g/mol. The molecule has 1 aromatic rings. The average Bonchev–Trinajstić information content (AvgIpc) is 2.39. The van der Waals surface area contributed by atoms with E-state index < -0.39 is 0 Å². The first kappa shape index (κ1) is 14.2. The Morgan fingerprint density at radius 1 is 1.42 bits per heavy atom. The SMILES string of the molecule is O=C(c1ccc(O)cc1O)N1CCCC(CCBr)C1. The van der Waals surface area contributed by atoms with E-state index in [1.165, 1.54) is 18.2 Å². The van der Waals surface area contributed by atoms with Crippen LogP contribution in [0, 0.1) is 5.92 Å². The molecule has 1 amide bonds. The summed E-state index contributed by atoms with van der Waals surface area (Å²) in [6.45, 7) is 1.47. The molecule has 0 aliphatic carbocycles. The van der Waals surface area contributed by atoms with Gasteiger partial charge in [-0.15, -0.1) is 0 Å². The topological polar surface area (TPSA) is 60.8 Å². The summed E-state index contributed by atoms with van der Waals surface area (Å²) in [5.74, 6) is 0.172. The van der Waals surface area contributed by atoms with Crippen LogP contribution in [0.5, 0.6) is 11.5 Å². The summed E-state index contributed by atoms with van der Waals surface area (Å²) in [7, 11) is 0. The van der Waals surface area contributed by atoms with E-state index in [2.05, 4.69) is 15.9 Å². The van der Waals surface area contributed by atoms with Crippen molar-refractivity contribution in [1.82, 2.24) is 4.90 Å². The van der Waals surface area contributed by atoms with E-state index in [4.69, 9.17) is 0 Å². The van der Waals surface area contributed by atoms with Crippen molar-refractivity contribution in [3.8, 4) is 11.5 Å². The lowest BCUT2D eigenvalue weighted by Crippen LogP contribution is -2.40. The van der Waals surface area contributed by atoms with E-state index in [0.717, 1.165) is 37.7 Å². The first-order valence-corrected chi connectivity index (χ1v) is 7.61. The zero-order valence-corrected chi connectivity index (χ0v) is 12.3. The molecule has 1 aliphatic rings. The van der Waals surface area contributed by atoms with Crippen LogP contribution < -0.4 is 0 Å². The summed E-state index contributed by atoms with van der Waals surface area (Å²) >= 11 is 3.44. The molecule has 1 unspecified atom stereocenters. The van der Waals surface area contributed by atoms with Crippen LogP contribution in [0.1, 0.15) is 29.6 Å². The Morgan fingerprint density at radius 2 is 2.21 bits per heavy atom. The van der Waals surface area contributed by atoms with Crippen molar-refractivity contribution in [2.24, 2.45) is 5.92 Å². The van der Waals surface area contributed by atoms with E-state index in [1.54, 1.807) is 4.90 Å². The van der Waals surface area contributed by atoms with Crippen molar-refractivity contribution in [2.75, 3.05) is 18.4 Å². The Labute approximate surface area is 121 Å². The van der Waals surface area contributed by atoms with E-state index in [1.807, 2.05) is 0 Å². The molecule has 1 fully saturated rings. The number of halogens is 1. The minimum Gasteiger partial charge on any atom is -0.508 e. The third kappa shape index (κ3) is 3.41. The molecule has 1 aromatic carbocycles. The summed E-state index contributed by atoms with van der Waals surface area (Å²) in [4.78, 5) is 14.1. The number of benzene rings is 1. The fourth-order valence-corrected chi connectivity index (χ4v) is 3.16. The number of carbonyl (C=O) groups is 1. The first-order chi connectivity index (χ1) is 9.11. The number of likely N-dealkylation sites (tertiary alicyclic amines) is 1. The highest BCUT2D eigenvalue weighted by molar-refractivity contribution is 9.09. The smallest absolute Gasteiger partial charge is 0.257 e. The number of phenolic OH excluding ortho intramolecular Hbond substituents is 2. The largest absolute Gasteiger partial charge is 0.508 e. The molecule has 5 heteroatoms. The Hall–Kier alpha value is -1.23. The van der Waals surface area contributed by atoms with Crippen molar-refractivity contribution in [3.05, 3.63) is 23.8 Å². The fourth-order valence-electron chi connectivity index (χ4n) is 2.51. The molecule has 0 bridgehead atoms. The highest BCUT2D eigenvalue weighted by Gasteiger charge is 2.25. The number of carbonyl (C=O) groups excluding carboxylic acids is 1. The monoisotopic (exact) mass is 327 g/mol. The Bertz CT molecular complexity index is 462. The third-order valence-corrected chi connectivity index (χ3v) is 3.99. The van der Waals surface area contributed by atoms with E-state index in [9.17, 15) is 15.0 Å². The van der Waals surface area contributed by atoms with Crippen LogP contribution in [0.15, 0.2) is 18.2 Å². The highest BCUT2D eigenvalue weighted by atomic mass is 79.9. The van der Waals surface area contributed by atoms with Gasteiger partial charge in [0.05, 0.1) is 5.56 Å². The van der Waals surface area contributed by atoms with Crippen molar-refractivity contribution < 1.29 is 15.0 Å². The zero-order chi connectivity index (χ0) is 13.8. The Kier molecular flexibility index (Phi) is 4.69. The van der Waals surface area contributed by atoms with Gasteiger partial charge in [0, 0.05) is 24.5 Å². The maximum Gasteiger partial charge on any atom is 0.257 e. The molecule has 0 spiro atoms. The second kappa shape index (κ2) is 6.28. The van der Waals surface area contributed by atoms with E-state index in [0.29, 0.717) is 5.92 Å². The molecule has 1 atom stereocenters. The minimum atomic E-state index is -0.160. The number of phenols is 2. The first-order valence-electron chi connectivity index (χ1n) is 6.49. The number of hydrogen-bond acceptors (Lipinski definition) is 3. The normalized spacial score (nSPS) is 19.4. The van der Waals surface area contributed by atoms with Crippen LogP contribution in [-0.2, 0) is 0 Å². The molecule has 1 heterocycles. The number of alkyl halides is 1. The van der Waals surface area contributed by atoms with Gasteiger partial charge in [-0.05, 0) is 37.3 Å². The number of aromatic hydroxyl groups is 2. The number of amides is 1. The number of piperidine rings is 1. The fraction of sp³-hybridized carbons (Fsp3) is 0.500. The van der Waals surface area contributed by atoms with Crippen LogP contribution in [0.2, 0.25) is 0 Å². The summed E-state index contributed by atoms with van der Waals surface area (Å²) in [5, 5.41) is 19.9. The van der Waals surface area contributed by atoms with Crippen molar-refractivity contribution in [2.45, 2.75) is 19.3 Å². The molecule has 0 aromatic heterocycles. The Morgan fingerprint density at radius 3 is 2.89 bits per heavy atom. The highest BCUT2D eigenvalue weighted by Crippen LogP contribution is 2.27. The predicted octanol–water partition coefficient (Wildman–Crippen LogP) is 2.74. The van der Waals surface area contributed by atoms with E-state index >= 15 is 0 Å². The lowest BCUT2D eigenvalue weighted by Gasteiger charge is -2.32. The van der Waals surface area contributed by atoms with Gasteiger partial charge in [0.15, 0.2) is 0 Å².